The molecule has 7 heteroatoms. The van der Waals surface area contributed by atoms with Gasteiger partial charge in [-0.3, -0.25) is 4.79 Å². The fourth-order valence-electron chi connectivity index (χ4n) is 1.33. The summed E-state index contributed by atoms with van der Waals surface area (Å²) < 4.78 is 26.7. The number of carbonyl (C=O) groups is 1. The van der Waals surface area contributed by atoms with E-state index in [0.29, 0.717) is 26.1 Å². The lowest BCUT2D eigenvalue weighted by Gasteiger charge is -2.13. The first-order chi connectivity index (χ1) is 8.37. The summed E-state index contributed by atoms with van der Waals surface area (Å²) in [6.07, 6.45) is 2.50. The van der Waals surface area contributed by atoms with Crippen LogP contribution in [0.3, 0.4) is 0 Å². The van der Waals surface area contributed by atoms with Crippen molar-refractivity contribution in [3.63, 3.8) is 0 Å². The highest BCUT2D eigenvalue weighted by Gasteiger charge is 2.11. The van der Waals surface area contributed by atoms with E-state index in [0.717, 1.165) is 6.42 Å². The number of hydrogen-bond acceptors (Lipinski definition) is 5. The molecule has 0 aliphatic carbocycles. The van der Waals surface area contributed by atoms with Gasteiger partial charge >= 0.3 is 0 Å². The molecule has 0 saturated heterocycles. The van der Waals surface area contributed by atoms with Gasteiger partial charge in [0.25, 0.3) is 0 Å². The Bertz CT molecular complexity index is 330. The number of rotatable bonds is 10. The molecule has 108 valence electrons. The molecule has 1 atom stereocenters. The maximum absolute atomic E-state index is 11.6. The second kappa shape index (κ2) is 9.29. The Morgan fingerprint density at radius 1 is 1.28 bits per heavy atom. The minimum Gasteiger partial charge on any atom is -0.385 e. The summed E-state index contributed by atoms with van der Waals surface area (Å²) in [4.78, 5) is 11.6. The van der Waals surface area contributed by atoms with Crippen LogP contribution < -0.4 is 10.6 Å². The Labute approximate surface area is 109 Å². The van der Waals surface area contributed by atoms with Crippen LogP contribution in [0.4, 0.5) is 0 Å². The highest BCUT2D eigenvalue weighted by Crippen LogP contribution is 1.89. The molecular weight excluding hydrogens is 256 g/mol. The Morgan fingerprint density at radius 3 is 2.50 bits per heavy atom. The molecule has 1 amide bonds. The van der Waals surface area contributed by atoms with Crippen molar-refractivity contribution in [3.8, 4) is 0 Å². The molecule has 0 rings (SSSR count). The Balaban J connectivity index is 3.62. The SMILES string of the molecule is COCCCNC(=O)C(C)NCCCS(C)(=O)=O. The van der Waals surface area contributed by atoms with Gasteiger partial charge in [0.15, 0.2) is 0 Å². The lowest BCUT2D eigenvalue weighted by molar-refractivity contribution is -0.122. The van der Waals surface area contributed by atoms with Crippen molar-refractivity contribution in [1.29, 1.82) is 0 Å². The molecule has 0 radical (unpaired) electrons. The van der Waals surface area contributed by atoms with Crippen molar-refractivity contribution in [1.82, 2.24) is 10.6 Å². The van der Waals surface area contributed by atoms with E-state index in [1.807, 2.05) is 0 Å². The largest absolute Gasteiger partial charge is 0.385 e. The minimum atomic E-state index is -2.92. The predicted molar refractivity (Wildman–Crippen MR) is 71.3 cm³/mol. The van der Waals surface area contributed by atoms with Gasteiger partial charge in [0.05, 0.1) is 11.8 Å². The van der Waals surface area contributed by atoms with Gasteiger partial charge in [-0.05, 0) is 26.3 Å². The fourth-order valence-corrected chi connectivity index (χ4v) is 2.00. The first kappa shape index (κ1) is 17.3. The number of nitrogens with one attached hydrogen (secondary N) is 2. The Kier molecular flexibility index (Phi) is 8.95. The van der Waals surface area contributed by atoms with E-state index < -0.39 is 9.84 Å². The molecule has 0 aliphatic heterocycles. The van der Waals surface area contributed by atoms with Crippen molar-refractivity contribution < 1.29 is 17.9 Å². The van der Waals surface area contributed by atoms with Gasteiger partial charge < -0.3 is 15.4 Å². The summed E-state index contributed by atoms with van der Waals surface area (Å²) in [5.74, 6) is 0.0628. The first-order valence-electron chi connectivity index (χ1n) is 6.04. The van der Waals surface area contributed by atoms with Crippen molar-refractivity contribution in [3.05, 3.63) is 0 Å². The van der Waals surface area contributed by atoms with Crippen molar-refractivity contribution in [2.75, 3.05) is 38.8 Å². The van der Waals surface area contributed by atoms with Gasteiger partial charge in [-0.1, -0.05) is 0 Å². The molecule has 6 nitrogen and oxygen atoms in total. The van der Waals surface area contributed by atoms with E-state index >= 15 is 0 Å². The molecule has 0 aromatic heterocycles. The van der Waals surface area contributed by atoms with Crippen LogP contribution in [0.5, 0.6) is 0 Å². The molecule has 0 aromatic rings. The van der Waals surface area contributed by atoms with Gasteiger partial charge in [0.1, 0.15) is 9.84 Å². The topological polar surface area (TPSA) is 84.5 Å². The monoisotopic (exact) mass is 280 g/mol. The van der Waals surface area contributed by atoms with E-state index in [9.17, 15) is 13.2 Å². The normalized spacial score (nSPS) is 13.3. The first-order valence-corrected chi connectivity index (χ1v) is 8.10. The zero-order valence-corrected chi connectivity index (χ0v) is 12.2. The van der Waals surface area contributed by atoms with E-state index in [1.54, 1.807) is 14.0 Å². The molecule has 0 heterocycles. The number of sulfone groups is 1. The molecule has 2 N–H and O–H groups in total. The third-order valence-electron chi connectivity index (χ3n) is 2.36. The molecule has 0 fully saturated rings. The molecule has 1 unspecified atom stereocenters. The van der Waals surface area contributed by atoms with Crippen molar-refractivity contribution >= 4 is 15.7 Å². The van der Waals surface area contributed by atoms with Crippen LogP contribution in [-0.4, -0.2) is 59.2 Å². The highest BCUT2D eigenvalue weighted by molar-refractivity contribution is 7.90. The summed E-state index contributed by atoms with van der Waals surface area (Å²) in [5.41, 5.74) is 0. The summed E-state index contributed by atoms with van der Waals surface area (Å²) >= 11 is 0. The van der Waals surface area contributed by atoms with E-state index in [1.165, 1.54) is 6.26 Å². The summed E-state index contributed by atoms with van der Waals surface area (Å²) in [5, 5.41) is 5.76. The van der Waals surface area contributed by atoms with Crippen LogP contribution in [0.15, 0.2) is 0 Å². The zero-order chi connectivity index (χ0) is 14.0. The molecule has 18 heavy (non-hydrogen) atoms. The van der Waals surface area contributed by atoms with E-state index in [-0.39, 0.29) is 17.7 Å². The predicted octanol–water partition coefficient (Wildman–Crippen LogP) is -0.448. The lowest BCUT2D eigenvalue weighted by Crippen LogP contribution is -2.43. The lowest BCUT2D eigenvalue weighted by atomic mass is 10.3. The quantitative estimate of drug-likeness (QED) is 0.530. The van der Waals surface area contributed by atoms with Crippen molar-refractivity contribution in [2.45, 2.75) is 25.8 Å². The van der Waals surface area contributed by atoms with Crippen LogP contribution in [0.25, 0.3) is 0 Å². The van der Waals surface area contributed by atoms with Crippen LogP contribution in [-0.2, 0) is 19.4 Å². The number of ether oxygens (including phenoxy) is 1. The van der Waals surface area contributed by atoms with Crippen LogP contribution in [0, 0.1) is 0 Å². The van der Waals surface area contributed by atoms with Crippen LogP contribution in [0.1, 0.15) is 19.8 Å². The van der Waals surface area contributed by atoms with Gasteiger partial charge in [0, 0.05) is 26.5 Å². The summed E-state index contributed by atoms with van der Waals surface area (Å²) in [6.45, 7) is 3.48. The Morgan fingerprint density at radius 2 is 1.94 bits per heavy atom. The molecule has 0 spiro atoms. The van der Waals surface area contributed by atoms with Gasteiger partial charge in [-0.15, -0.1) is 0 Å². The standard InChI is InChI=1S/C11H24N2O4S/c1-10(11(14)13-6-4-8-17-2)12-7-5-9-18(3,15)16/h10,12H,4-9H2,1-3H3,(H,13,14). The molecule has 0 aromatic carbocycles. The zero-order valence-electron chi connectivity index (χ0n) is 11.4. The van der Waals surface area contributed by atoms with E-state index in [2.05, 4.69) is 10.6 Å². The number of carbonyl (C=O) groups excluding carboxylic acids is 1. The fraction of sp³-hybridized carbons (Fsp3) is 0.909. The Hall–Kier alpha value is -0.660. The molecule has 0 aliphatic rings. The molecule has 0 saturated carbocycles. The average Bonchev–Trinajstić information content (AvgIpc) is 2.28. The highest BCUT2D eigenvalue weighted by atomic mass is 32.2. The molecular formula is C11H24N2O4S. The minimum absolute atomic E-state index is 0.0783. The van der Waals surface area contributed by atoms with Gasteiger partial charge in [-0.2, -0.15) is 0 Å². The van der Waals surface area contributed by atoms with E-state index in [4.69, 9.17) is 4.74 Å². The second-order valence-electron chi connectivity index (χ2n) is 4.30. The van der Waals surface area contributed by atoms with Gasteiger partial charge in [-0.25, -0.2) is 8.42 Å². The molecule has 0 bridgehead atoms. The van der Waals surface area contributed by atoms with Crippen LogP contribution in [0.2, 0.25) is 0 Å². The third-order valence-corrected chi connectivity index (χ3v) is 3.39. The van der Waals surface area contributed by atoms with Crippen molar-refractivity contribution in [2.24, 2.45) is 0 Å². The second-order valence-corrected chi connectivity index (χ2v) is 6.56. The van der Waals surface area contributed by atoms with Crippen LogP contribution >= 0.6 is 0 Å². The number of methoxy groups -OCH3 is 1. The average molecular weight is 280 g/mol. The summed E-state index contributed by atoms with van der Waals surface area (Å²) in [7, 11) is -1.30. The maximum atomic E-state index is 11.6. The maximum Gasteiger partial charge on any atom is 0.236 e. The number of amides is 1. The van der Waals surface area contributed by atoms with Gasteiger partial charge in [0.2, 0.25) is 5.91 Å². The summed E-state index contributed by atoms with van der Waals surface area (Å²) in [6, 6.07) is -0.313. The third kappa shape index (κ3) is 10.5. The smallest absolute Gasteiger partial charge is 0.236 e. The number of hydrogen-bond donors (Lipinski definition) is 2.